The van der Waals surface area contributed by atoms with E-state index in [2.05, 4.69) is 26.6 Å². The number of anilines is 1. The fraction of sp³-hybridized carbons (Fsp3) is 0.375. The number of carbonyl (C=O) groups excluding carboxylic acids is 1. The van der Waals surface area contributed by atoms with E-state index >= 15 is 0 Å². The van der Waals surface area contributed by atoms with Gasteiger partial charge in [0.25, 0.3) is 0 Å². The molecule has 5 nitrogen and oxygen atoms in total. The lowest BCUT2D eigenvalue weighted by Crippen LogP contribution is -2.41. The van der Waals surface area contributed by atoms with E-state index in [-0.39, 0.29) is 12.1 Å². The molecule has 2 aromatic heterocycles. The Hall–Kier alpha value is -1.99. The number of amides is 2. The van der Waals surface area contributed by atoms with Crippen molar-refractivity contribution in [1.82, 2.24) is 15.2 Å². The van der Waals surface area contributed by atoms with Gasteiger partial charge in [0.2, 0.25) is 0 Å². The Kier molecular flexibility index (Phi) is 5.19. The molecule has 2 atom stereocenters. The van der Waals surface area contributed by atoms with Gasteiger partial charge in [0, 0.05) is 36.8 Å². The predicted octanol–water partition coefficient (Wildman–Crippen LogP) is 2.88. The smallest absolute Gasteiger partial charge is 0.320 e. The van der Waals surface area contributed by atoms with Gasteiger partial charge in [-0.3, -0.25) is 10.2 Å². The molecular weight excluding hydrogens is 315 g/mol. The van der Waals surface area contributed by atoms with Gasteiger partial charge in [-0.15, -0.1) is 11.3 Å². The summed E-state index contributed by atoms with van der Waals surface area (Å²) in [5.41, 5.74) is 0. The van der Waals surface area contributed by atoms with Crippen LogP contribution in [0.3, 0.4) is 0 Å². The maximum Gasteiger partial charge on any atom is 0.320 e. The molecule has 2 amide bonds. The summed E-state index contributed by atoms with van der Waals surface area (Å²) in [5, 5.41) is 7.49. The lowest BCUT2D eigenvalue weighted by Gasteiger charge is -2.23. The van der Waals surface area contributed by atoms with Crippen LogP contribution in [0.1, 0.15) is 11.3 Å². The van der Waals surface area contributed by atoms with E-state index in [1.54, 1.807) is 35.7 Å². The van der Waals surface area contributed by atoms with E-state index in [0.29, 0.717) is 25.3 Å². The highest BCUT2D eigenvalue weighted by molar-refractivity contribution is 7.09. The highest BCUT2D eigenvalue weighted by Crippen LogP contribution is 2.23. The second-order valence-electron chi connectivity index (χ2n) is 5.55. The zero-order valence-corrected chi connectivity index (χ0v) is 13.4. The van der Waals surface area contributed by atoms with Crippen molar-refractivity contribution in [1.29, 1.82) is 0 Å². The number of carbonyl (C=O) groups is 1. The summed E-state index contributed by atoms with van der Waals surface area (Å²) in [7, 11) is 0. The van der Waals surface area contributed by atoms with E-state index in [9.17, 15) is 9.18 Å². The number of urea groups is 1. The Morgan fingerprint density at radius 1 is 1.39 bits per heavy atom. The van der Waals surface area contributed by atoms with E-state index in [1.807, 2.05) is 11.4 Å². The van der Waals surface area contributed by atoms with Gasteiger partial charge in [0.1, 0.15) is 12.0 Å². The van der Waals surface area contributed by atoms with Gasteiger partial charge in [-0.25, -0.2) is 14.2 Å². The molecule has 1 aliphatic heterocycles. The largest absolute Gasteiger partial charge is 0.336 e. The zero-order valence-electron chi connectivity index (χ0n) is 12.6. The Bertz CT molecular complexity index is 622. The van der Waals surface area contributed by atoms with E-state index < -0.39 is 6.17 Å². The first-order valence-corrected chi connectivity index (χ1v) is 8.45. The fourth-order valence-electron chi connectivity index (χ4n) is 2.74. The van der Waals surface area contributed by atoms with E-state index in [0.717, 1.165) is 6.54 Å². The molecule has 3 heterocycles. The molecule has 0 aliphatic carbocycles. The number of hydrogen-bond donors (Lipinski definition) is 2. The normalized spacial score (nSPS) is 21.3. The number of thiophene rings is 1. The number of nitrogens with one attached hydrogen (secondary N) is 2. The molecule has 2 N–H and O–H groups in total. The molecule has 0 bridgehead atoms. The quantitative estimate of drug-likeness (QED) is 0.884. The minimum absolute atomic E-state index is 0.0154. The van der Waals surface area contributed by atoms with Crippen molar-refractivity contribution in [3.63, 3.8) is 0 Å². The third-order valence-electron chi connectivity index (χ3n) is 3.82. The van der Waals surface area contributed by atoms with Gasteiger partial charge >= 0.3 is 6.03 Å². The first kappa shape index (κ1) is 15.9. The maximum absolute atomic E-state index is 13.7. The van der Waals surface area contributed by atoms with Crippen LogP contribution in [0, 0.1) is 0 Å². The van der Waals surface area contributed by atoms with Crippen molar-refractivity contribution in [3.05, 3.63) is 46.8 Å². The Labute approximate surface area is 138 Å². The zero-order chi connectivity index (χ0) is 16.1. The summed E-state index contributed by atoms with van der Waals surface area (Å²) in [5.74, 6) is 0.496. The van der Waals surface area contributed by atoms with Crippen LogP contribution in [0.15, 0.2) is 41.9 Å². The minimum Gasteiger partial charge on any atom is -0.336 e. The number of nitrogens with zero attached hydrogens (tertiary/aromatic N) is 2. The van der Waals surface area contributed by atoms with Gasteiger partial charge < -0.3 is 5.32 Å². The summed E-state index contributed by atoms with van der Waals surface area (Å²) in [6.07, 6.45) is 1.23. The van der Waals surface area contributed by atoms with Gasteiger partial charge in [0.05, 0.1) is 0 Å². The predicted molar refractivity (Wildman–Crippen MR) is 89.3 cm³/mol. The summed E-state index contributed by atoms with van der Waals surface area (Å²) in [6.45, 7) is 1.57. The molecule has 0 unspecified atom stereocenters. The van der Waals surface area contributed by atoms with Gasteiger partial charge in [0.15, 0.2) is 0 Å². The number of likely N-dealkylation sites (tertiary alicyclic amines) is 1. The monoisotopic (exact) mass is 334 g/mol. The Morgan fingerprint density at radius 3 is 3.04 bits per heavy atom. The van der Waals surface area contributed by atoms with Crippen LogP contribution in [0.25, 0.3) is 0 Å². The molecule has 1 aliphatic rings. The van der Waals surface area contributed by atoms with Gasteiger partial charge in [-0.1, -0.05) is 12.1 Å². The molecular formula is C16H19FN4OS. The first-order chi connectivity index (χ1) is 11.2. The van der Waals surface area contributed by atoms with Crippen LogP contribution >= 0.6 is 11.3 Å². The lowest BCUT2D eigenvalue weighted by molar-refractivity contribution is 0.225. The summed E-state index contributed by atoms with van der Waals surface area (Å²) in [6, 6.07) is 9.05. The molecule has 2 aromatic rings. The summed E-state index contributed by atoms with van der Waals surface area (Å²) >= 11 is 1.67. The van der Waals surface area contributed by atoms with Crippen LogP contribution in [0.5, 0.6) is 0 Å². The average molecular weight is 334 g/mol. The number of pyridine rings is 1. The van der Waals surface area contributed by atoms with Crippen molar-refractivity contribution in [2.75, 3.05) is 18.4 Å². The number of hydrogen-bond acceptors (Lipinski definition) is 4. The van der Waals surface area contributed by atoms with Crippen molar-refractivity contribution in [2.24, 2.45) is 0 Å². The fourth-order valence-corrected chi connectivity index (χ4v) is 3.47. The molecule has 122 valence electrons. The Balaban J connectivity index is 1.50. The van der Waals surface area contributed by atoms with Crippen molar-refractivity contribution in [3.8, 4) is 0 Å². The number of alkyl halides is 1. The van der Waals surface area contributed by atoms with E-state index in [1.165, 1.54) is 4.88 Å². The number of halogens is 1. The molecule has 23 heavy (non-hydrogen) atoms. The second-order valence-corrected chi connectivity index (χ2v) is 6.58. The van der Waals surface area contributed by atoms with Crippen LogP contribution in [0.4, 0.5) is 15.0 Å². The molecule has 0 saturated carbocycles. The number of rotatable bonds is 5. The van der Waals surface area contributed by atoms with Crippen LogP contribution in [0.2, 0.25) is 0 Å². The van der Waals surface area contributed by atoms with Crippen molar-refractivity contribution in [2.45, 2.75) is 25.2 Å². The molecule has 0 spiro atoms. The SMILES string of the molecule is O=C(NC[C@@H]1C[C@H](F)CN1Cc1cccs1)Nc1ccccn1. The Morgan fingerprint density at radius 2 is 2.30 bits per heavy atom. The highest BCUT2D eigenvalue weighted by Gasteiger charge is 2.32. The van der Waals surface area contributed by atoms with Gasteiger partial charge in [-0.2, -0.15) is 0 Å². The van der Waals surface area contributed by atoms with Crippen LogP contribution < -0.4 is 10.6 Å². The van der Waals surface area contributed by atoms with Crippen molar-refractivity contribution >= 4 is 23.2 Å². The molecule has 0 aromatic carbocycles. The molecule has 3 rings (SSSR count). The minimum atomic E-state index is -0.833. The molecule has 0 radical (unpaired) electrons. The standard InChI is InChI=1S/C16H19FN4OS/c17-12-8-13(21(10-12)11-14-4-3-7-23-14)9-19-16(22)20-15-5-1-2-6-18-15/h1-7,12-13H,8-11H2,(H2,18,19,20,22)/t12-,13-/m0/s1. The van der Waals surface area contributed by atoms with E-state index in [4.69, 9.17) is 0 Å². The molecule has 1 saturated heterocycles. The van der Waals surface area contributed by atoms with Gasteiger partial charge in [-0.05, 0) is 30.0 Å². The third-order valence-corrected chi connectivity index (χ3v) is 4.68. The highest BCUT2D eigenvalue weighted by atomic mass is 32.1. The average Bonchev–Trinajstić information content (AvgIpc) is 3.16. The molecule has 1 fully saturated rings. The first-order valence-electron chi connectivity index (χ1n) is 7.57. The third kappa shape index (κ3) is 4.49. The second kappa shape index (κ2) is 7.52. The van der Waals surface area contributed by atoms with Crippen molar-refractivity contribution < 1.29 is 9.18 Å². The van der Waals surface area contributed by atoms with Crippen LogP contribution in [-0.4, -0.2) is 41.2 Å². The topological polar surface area (TPSA) is 57.3 Å². The van der Waals surface area contributed by atoms with Crippen LogP contribution in [-0.2, 0) is 6.54 Å². The maximum atomic E-state index is 13.7. The lowest BCUT2D eigenvalue weighted by atomic mass is 10.2. The summed E-state index contributed by atoms with van der Waals surface area (Å²) in [4.78, 5) is 19.2. The number of aromatic nitrogens is 1. The molecule has 7 heteroatoms. The summed E-state index contributed by atoms with van der Waals surface area (Å²) < 4.78 is 13.7.